The number of hydrogen-bond donors (Lipinski definition) is 1. The van der Waals surface area contributed by atoms with Gasteiger partial charge in [-0.2, -0.15) is 0 Å². The Morgan fingerprint density at radius 3 is 2.86 bits per heavy atom. The van der Waals surface area contributed by atoms with Crippen LogP contribution in [0.15, 0.2) is 4.52 Å². The molecule has 0 spiro atoms. The minimum atomic E-state index is 0.0492. The lowest BCUT2D eigenvalue weighted by atomic mass is 10.0. The molecule has 1 amide bonds. The minimum absolute atomic E-state index is 0.0492. The lowest BCUT2D eigenvalue weighted by Crippen LogP contribution is -2.23. The molecule has 0 radical (unpaired) electrons. The van der Waals surface area contributed by atoms with Gasteiger partial charge in [-0.3, -0.25) is 4.79 Å². The zero-order valence-electron chi connectivity index (χ0n) is 13.1. The molecule has 118 valence electrons. The Hall–Kier alpha value is -1.69. The van der Waals surface area contributed by atoms with E-state index in [4.69, 9.17) is 4.52 Å². The van der Waals surface area contributed by atoms with Crippen LogP contribution in [-0.2, 0) is 30.6 Å². The molecule has 5 nitrogen and oxygen atoms in total. The number of nitrogens with one attached hydrogen (secondary N) is 1. The van der Waals surface area contributed by atoms with Crippen molar-refractivity contribution in [3.8, 4) is 0 Å². The van der Waals surface area contributed by atoms with E-state index in [-0.39, 0.29) is 5.91 Å². The van der Waals surface area contributed by atoms with E-state index in [1.165, 1.54) is 23.4 Å². The first-order chi connectivity index (χ1) is 10.6. The zero-order chi connectivity index (χ0) is 15.5. The second kappa shape index (κ2) is 6.60. The monoisotopic (exact) mass is 319 g/mol. The Kier molecular flexibility index (Phi) is 4.57. The highest BCUT2D eigenvalue weighted by atomic mass is 32.1. The van der Waals surface area contributed by atoms with Crippen molar-refractivity contribution in [2.75, 3.05) is 0 Å². The molecular weight excluding hydrogens is 298 g/mol. The summed E-state index contributed by atoms with van der Waals surface area (Å²) in [4.78, 5) is 18.0. The van der Waals surface area contributed by atoms with E-state index in [1.54, 1.807) is 11.3 Å². The highest BCUT2D eigenvalue weighted by molar-refractivity contribution is 7.11. The summed E-state index contributed by atoms with van der Waals surface area (Å²) in [5.74, 6) is 0.853. The van der Waals surface area contributed by atoms with Crippen LogP contribution in [0, 0.1) is 13.8 Å². The van der Waals surface area contributed by atoms with E-state index in [1.807, 2.05) is 13.8 Å². The molecule has 22 heavy (non-hydrogen) atoms. The molecule has 1 N–H and O–H groups in total. The van der Waals surface area contributed by atoms with Crippen LogP contribution >= 0.6 is 11.3 Å². The van der Waals surface area contributed by atoms with Crippen molar-refractivity contribution in [2.24, 2.45) is 0 Å². The van der Waals surface area contributed by atoms with Crippen LogP contribution in [0.25, 0.3) is 0 Å². The zero-order valence-corrected chi connectivity index (χ0v) is 13.9. The molecular formula is C16H21N3O2S. The van der Waals surface area contributed by atoms with Crippen LogP contribution in [0.4, 0.5) is 0 Å². The summed E-state index contributed by atoms with van der Waals surface area (Å²) in [5, 5.41) is 7.90. The molecule has 0 saturated carbocycles. The minimum Gasteiger partial charge on any atom is -0.361 e. The second-order valence-electron chi connectivity index (χ2n) is 5.76. The first-order valence-electron chi connectivity index (χ1n) is 7.79. The van der Waals surface area contributed by atoms with Gasteiger partial charge in [-0.15, -0.1) is 11.3 Å². The summed E-state index contributed by atoms with van der Waals surface area (Å²) < 4.78 is 5.11. The van der Waals surface area contributed by atoms with Crippen molar-refractivity contribution in [3.05, 3.63) is 32.6 Å². The van der Waals surface area contributed by atoms with Crippen LogP contribution in [0.2, 0.25) is 0 Å². The normalized spacial score (nSPS) is 13.9. The maximum absolute atomic E-state index is 12.0. The van der Waals surface area contributed by atoms with Gasteiger partial charge >= 0.3 is 0 Å². The average Bonchev–Trinajstić information content (AvgIpc) is 3.07. The average molecular weight is 319 g/mol. The van der Waals surface area contributed by atoms with E-state index in [2.05, 4.69) is 15.5 Å². The Morgan fingerprint density at radius 2 is 2.14 bits per heavy atom. The van der Waals surface area contributed by atoms with Gasteiger partial charge in [-0.1, -0.05) is 5.16 Å². The number of fused-ring (bicyclic) bond motifs is 1. The van der Waals surface area contributed by atoms with E-state index in [0.29, 0.717) is 19.4 Å². The fraction of sp³-hybridized carbons (Fsp3) is 0.562. The number of carbonyl (C=O) groups excluding carboxylic acids is 1. The van der Waals surface area contributed by atoms with Crippen molar-refractivity contribution in [1.29, 1.82) is 0 Å². The summed E-state index contributed by atoms with van der Waals surface area (Å²) in [6.07, 6.45) is 5.85. The molecule has 3 rings (SSSR count). The molecule has 0 aliphatic heterocycles. The van der Waals surface area contributed by atoms with Crippen molar-refractivity contribution in [3.63, 3.8) is 0 Å². The Labute approximate surface area is 134 Å². The van der Waals surface area contributed by atoms with Gasteiger partial charge in [0.05, 0.1) is 17.9 Å². The fourth-order valence-electron chi connectivity index (χ4n) is 2.84. The summed E-state index contributed by atoms with van der Waals surface area (Å²) in [7, 11) is 0. The molecule has 0 bridgehead atoms. The van der Waals surface area contributed by atoms with Crippen molar-refractivity contribution >= 4 is 17.2 Å². The number of amides is 1. The quantitative estimate of drug-likeness (QED) is 0.920. The molecule has 0 fully saturated rings. The number of rotatable bonds is 5. The summed E-state index contributed by atoms with van der Waals surface area (Å²) >= 11 is 1.75. The maximum atomic E-state index is 12.0. The highest BCUT2D eigenvalue weighted by Gasteiger charge is 2.16. The van der Waals surface area contributed by atoms with Crippen LogP contribution < -0.4 is 5.32 Å². The number of aryl methyl sites for hydroxylation is 4. The first-order valence-corrected chi connectivity index (χ1v) is 8.61. The van der Waals surface area contributed by atoms with E-state index in [0.717, 1.165) is 34.9 Å². The third-order valence-electron chi connectivity index (χ3n) is 4.11. The van der Waals surface area contributed by atoms with Gasteiger partial charge in [-0.05, 0) is 46.0 Å². The van der Waals surface area contributed by atoms with Crippen molar-refractivity contribution < 1.29 is 9.32 Å². The molecule has 0 unspecified atom stereocenters. The molecule has 0 atom stereocenters. The van der Waals surface area contributed by atoms with E-state index in [9.17, 15) is 4.79 Å². The number of aromatic nitrogens is 2. The maximum Gasteiger partial charge on any atom is 0.220 e. The molecule has 0 saturated heterocycles. The van der Waals surface area contributed by atoms with Crippen molar-refractivity contribution in [1.82, 2.24) is 15.5 Å². The molecule has 6 heteroatoms. The Morgan fingerprint density at radius 1 is 1.32 bits per heavy atom. The molecule has 0 aromatic carbocycles. The summed E-state index contributed by atoms with van der Waals surface area (Å²) in [5.41, 5.74) is 3.16. The van der Waals surface area contributed by atoms with E-state index >= 15 is 0 Å². The molecule has 2 aromatic rings. The molecule has 2 aromatic heterocycles. The summed E-state index contributed by atoms with van der Waals surface area (Å²) in [6, 6.07) is 0. The van der Waals surface area contributed by atoms with Crippen LogP contribution in [0.5, 0.6) is 0 Å². The predicted octanol–water partition coefficient (Wildman–Crippen LogP) is 2.88. The van der Waals surface area contributed by atoms with Crippen LogP contribution in [-0.4, -0.2) is 16.0 Å². The summed E-state index contributed by atoms with van der Waals surface area (Å²) in [6.45, 7) is 4.33. The third kappa shape index (κ3) is 3.38. The predicted molar refractivity (Wildman–Crippen MR) is 84.9 cm³/mol. The fourth-order valence-corrected chi connectivity index (χ4v) is 3.94. The largest absolute Gasteiger partial charge is 0.361 e. The van der Waals surface area contributed by atoms with Gasteiger partial charge in [0.25, 0.3) is 0 Å². The van der Waals surface area contributed by atoms with Crippen molar-refractivity contribution in [2.45, 2.75) is 58.9 Å². The lowest BCUT2D eigenvalue weighted by Gasteiger charge is -2.06. The van der Waals surface area contributed by atoms with Gasteiger partial charge < -0.3 is 9.84 Å². The standard InChI is InChI=1S/C16H21N3O2S/c1-10-12(11(2)21-19-10)7-8-15(20)17-9-16-18-13-5-3-4-6-14(13)22-16/h3-9H2,1-2H3,(H,17,20). The molecule has 1 aliphatic rings. The highest BCUT2D eigenvalue weighted by Crippen LogP contribution is 2.26. The molecule has 2 heterocycles. The van der Waals surface area contributed by atoms with Gasteiger partial charge in [-0.25, -0.2) is 4.98 Å². The number of hydrogen-bond acceptors (Lipinski definition) is 5. The van der Waals surface area contributed by atoms with Gasteiger partial charge in [0.15, 0.2) is 0 Å². The Balaban J connectivity index is 1.49. The first kappa shape index (κ1) is 15.2. The smallest absolute Gasteiger partial charge is 0.220 e. The van der Waals surface area contributed by atoms with Gasteiger partial charge in [0, 0.05) is 16.9 Å². The lowest BCUT2D eigenvalue weighted by molar-refractivity contribution is -0.121. The molecule has 1 aliphatic carbocycles. The van der Waals surface area contributed by atoms with Gasteiger partial charge in [0.1, 0.15) is 10.8 Å². The van der Waals surface area contributed by atoms with Crippen LogP contribution in [0.3, 0.4) is 0 Å². The number of nitrogens with zero attached hydrogens (tertiary/aromatic N) is 2. The van der Waals surface area contributed by atoms with Crippen LogP contribution in [0.1, 0.15) is 51.9 Å². The Bertz CT molecular complexity index is 632. The SMILES string of the molecule is Cc1noc(C)c1CCC(=O)NCc1nc2c(s1)CCCC2. The topological polar surface area (TPSA) is 68.0 Å². The van der Waals surface area contributed by atoms with E-state index < -0.39 is 0 Å². The number of thiazole rings is 1. The van der Waals surface area contributed by atoms with Gasteiger partial charge in [0.2, 0.25) is 5.91 Å². The second-order valence-corrected chi connectivity index (χ2v) is 6.93. The third-order valence-corrected chi connectivity index (χ3v) is 5.27. The number of carbonyl (C=O) groups is 1.